The van der Waals surface area contributed by atoms with E-state index in [1.165, 1.54) is 12.1 Å². The van der Waals surface area contributed by atoms with E-state index >= 15 is 0 Å². The lowest BCUT2D eigenvalue weighted by atomic mass is 10.2. The van der Waals surface area contributed by atoms with Crippen LogP contribution in [0.5, 0.6) is 0 Å². The molecule has 0 aliphatic heterocycles. The monoisotopic (exact) mass is 225 g/mol. The van der Waals surface area contributed by atoms with Crippen molar-refractivity contribution in [3.63, 3.8) is 0 Å². The maximum absolute atomic E-state index is 10.8. The molecule has 1 N–H and O–H groups in total. The Labute approximate surface area is 90.3 Å². The minimum Gasteiger partial charge on any atom is -0.478 e. The molecule has 0 bridgehead atoms. The first-order valence-corrected chi connectivity index (χ1v) is 4.77. The smallest absolute Gasteiger partial charge is 0.335 e. The maximum atomic E-state index is 10.8. The average Bonchev–Trinajstić information content (AvgIpc) is 2.60. The summed E-state index contributed by atoms with van der Waals surface area (Å²) < 4.78 is 1.60. The third-order valence-electron chi connectivity index (χ3n) is 2.12. The molecule has 15 heavy (non-hydrogen) atoms. The number of hydrogen-bond donors (Lipinski definition) is 1. The van der Waals surface area contributed by atoms with Gasteiger partial charge in [-0.05, 0) is 19.1 Å². The van der Waals surface area contributed by atoms with Crippen LogP contribution in [0.1, 0.15) is 17.3 Å². The fourth-order valence-electron chi connectivity index (χ4n) is 1.38. The van der Waals surface area contributed by atoms with Crippen LogP contribution in [-0.4, -0.2) is 26.1 Å². The van der Waals surface area contributed by atoms with Gasteiger partial charge in [-0.25, -0.2) is 9.48 Å². The Bertz CT molecular complexity index is 535. The molecule has 0 amide bonds. The second kappa shape index (κ2) is 3.51. The van der Waals surface area contributed by atoms with Crippen molar-refractivity contribution in [1.29, 1.82) is 0 Å². The quantitative estimate of drug-likeness (QED) is 0.846. The summed E-state index contributed by atoms with van der Waals surface area (Å²) in [4.78, 5) is 10.8. The second-order valence-corrected chi connectivity index (χ2v) is 3.44. The van der Waals surface area contributed by atoms with E-state index in [1.807, 2.05) is 6.92 Å². The number of aromatic nitrogens is 3. The van der Waals surface area contributed by atoms with Crippen LogP contribution in [0.2, 0.25) is 5.02 Å². The number of carbonyl (C=O) groups is 1. The third kappa shape index (κ3) is 1.55. The Morgan fingerprint density at radius 1 is 1.60 bits per heavy atom. The summed E-state index contributed by atoms with van der Waals surface area (Å²) in [7, 11) is 0. The maximum Gasteiger partial charge on any atom is 0.335 e. The molecule has 78 valence electrons. The molecule has 1 heterocycles. The van der Waals surface area contributed by atoms with Gasteiger partial charge in [0.15, 0.2) is 0 Å². The van der Waals surface area contributed by atoms with Gasteiger partial charge in [-0.1, -0.05) is 16.8 Å². The highest BCUT2D eigenvalue weighted by atomic mass is 35.5. The zero-order chi connectivity index (χ0) is 11.0. The summed E-state index contributed by atoms with van der Waals surface area (Å²) in [5.41, 5.74) is 1.32. The van der Waals surface area contributed by atoms with E-state index in [9.17, 15) is 4.79 Å². The van der Waals surface area contributed by atoms with Gasteiger partial charge in [0.25, 0.3) is 0 Å². The van der Waals surface area contributed by atoms with E-state index in [2.05, 4.69) is 10.3 Å². The Balaban J connectivity index is 2.77. The molecular formula is C9H8ClN3O2. The van der Waals surface area contributed by atoms with E-state index in [0.717, 1.165) is 0 Å². The van der Waals surface area contributed by atoms with Crippen LogP contribution in [0.15, 0.2) is 12.1 Å². The molecule has 0 spiro atoms. The SMILES string of the molecule is CCn1nnc2c(Cl)cc(C(=O)O)cc21. The molecule has 0 atom stereocenters. The summed E-state index contributed by atoms with van der Waals surface area (Å²) in [6, 6.07) is 2.90. The van der Waals surface area contributed by atoms with Crippen molar-refractivity contribution in [2.45, 2.75) is 13.5 Å². The number of carboxylic acids is 1. The van der Waals surface area contributed by atoms with E-state index in [0.29, 0.717) is 22.6 Å². The summed E-state index contributed by atoms with van der Waals surface area (Å²) in [6.07, 6.45) is 0. The molecule has 5 nitrogen and oxygen atoms in total. The molecule has 1 aromatic heterocycles. The van der Waals surface area contributed by atoms with Gasteiger partial charge in [0.05, 0.1) is 16.1 Å². The molecular weight excluding hydrogens is 218 g/mol. The first-order valence-electron chi connectivity index (χ1n) is 4.39. The lowest BCUT2D eigenvalue weighted by molar-refractivity contribution is 0.0697. The summed E-state index contributed by atoms with van der Waals surface area (Å²) in [6.45, 7) is 2.52. The van der Waals surface area contributed by atoms with E-state index in [1.54, 1.807) is 4.68 Å². The van der Waals surface area contributed by atoms with Crippen LogP contribution in [0.25, 0.3) is 11.0 Å². The zero-order valence-electron chi connectivity index (χ0n) is 7.94. The Kier molecular flexibility index (Phi) is 2.32. The Morgan fingerprint density at radius 3 is 2.93 bits per heavy atom. The van der Waals surface area contributed by atoms with Crippen LogP contribution in [-0.2, 0) is 6.54 Å². The highest BCUT2D eigenvalue weighted by molar-refractivity contribution is 6.35. The number of halogens is 1. The molecule has 2 aromatic rings. The molecule has 0 aliphatic carbocycles. The van der Waals surface area contributed by atoms with Gasteiger partial charge in [0.1, 0.15) is 5.52 Å². The molecule has 2 rings (SSSR count). The normalized spacial score (nSPS) is 10.8. The lowest BCUT2D eigenvalue weighted by Gasteiger charge is -1.99. The topological polar surface area (TPSA) is 68.0 Å². The number of carboxylic acid groups (broad SMARTS) is 1. The fraction of sp³-hybridized carbons (Fsp3) is 0.222. The van der Waals surface area contributed by atoms with Gasteiger partial charge >= 0.3 is 5.97 Å². The number of nitrogens with zero attached hydrogens (tertiary/aromatic N) is 3. The van der Waals surface area contributed by atoms with Crippen LogP contribution < -0.4 is 0 Å². The van der Waals surface area contributed by atoms with E-state index < -0.39 is 5.97 Å². The van der Waals surface area contributed by atoms with Gasteiger partial charge in [0, 0.05) is 6.54 Å². The van der Waals surface area contributed by atoms with Gasteiger partial charge < -0.3 is 5.11 Å². The minimum absolute atomic E-state index is 0.143. The zero-order valence-corrected chi connectivity index (χ0v) is 8.69. The molecule has 0 aliphatic rings. The van der Waals surface area contributed by atoms with E-state index in [4.69, 9.17) is 16.7 Å². The van der Waals surface area contributed by atoms with Crippen molar-refractivity contribution in [1.82, 2.24) is 15.0 Å². The van der Waals surface area contributed by atoms with Gasteiger partial charge in [0.2, 0.25) is 0 Å². The molecule has 0 saturated carbocycles. The standard InChI is InChI=1S/C9H8ClN3O2/c1-2-13-7-4-5(9(14)15)3-6(10)8(7)11-12-13/h3-4H,2H2,1H3,(H,14,15). The first kappa shape index (κ1) is 9.92. The van der Waals surface area contributed by atoms with Crippen LogP contribution >= 0.6 is 11.6 Å². The van der Waals surface area contributed by atoms with Crippen LogP contribution in [0.4, 0.5) is 0 Å². The number of benzene rings is 1. The third-order valence-corrected chi connectivity index (χ3v) is 2.41. The number of hydrogen-bond acceptors (Lipinski definition) is 3. The van der Waals surface area contributed by atoms with Crippen molar-refractivity contribution >= 4 is 28.6 Å². The van der Waals surface area contributed by atoms with E-state index in [-0.39, 0.29) is 5.56 Å². The van der Waals surface area contributed by atoms with Crippen molar-refractivity contribution in [3.8, 4) is 0 Å². The number of fused-ring (bicyclic) bond motifs is 1. The summed E-state index contributed by atoms with van der Waals surface area (Å²) in [5.74, 6) is -1.01. The lowest BCUT2D eigenvalue weighted by Crippen LogP contribution is -1.99. The summed E-state index contributed by atoms with van der Waals surface area (Å²) in [5, 5.41) is 16.9. The van der Waals surface area contributed by atoms with Crippen molar-refractivity contribution in [2.24, 2.45) is 0 Å². The summed E-state index contributed by atoms with van der Waals surface area (Å²) >= 11 is 5.90. The predicted molar refractivity (Wildman–Crippen MR) is 55.2 cm³/mol. The van der Waals surface area contributed by atoms with Crippen molar-refractivity contribution in [3.05, 3.63) is 22.7 Å². The number of aromatic carboxylic acids is 1. The van der Waals surface area contributed by atoms with Crippen molar-refractivity contribution < 1.29 is 9.90 Å². The molecule has 0 unspecified atom stereocenters. The fourth-order valence-corrected chi connectivity index (χ4v) is 1.64. The highest BCUT2D eigenvalue weighted by Crippen LogP contribution is 2.23. The first-order chi connectivity index (χ1) is 7.13. The molecule has 0 saturated heterocycles. The van der Waals surface area contributed by atoms with Gasteiger partial charge in [-0.15, -0.1) is 5.10 Å². The molecule has 1 aromatic carbocycles. The molecule has 0 radical (unpaired) electrons. The van der Waals surface area contributed by atoms with Crippen LogP contribution in [0, 0.1) is 0 Å². The second-order valence-electron chi connectivity index (χ2n) is 3.04. The Morgan fingerprint density at radius 2 is 2.33 bits per heavy atom. The van der Waals surface area contributed by atoms with Gasteiger partial charge in [-0.2, -0.15) is 0 Å². The van der Waals surface area contributed by atoms with Crippen LogP contribution in [0.3, 0.4) is 0 Å². The average molecular weight is 226 g/mol. The van der Waals surface area contributed by atoms with Gasteiger partial charge in [-0.3, -0.25) is 0 Å². The number of rotatable bonds is 2. The number of aryl methyl sites for hydroxylation is 1. The molecule has 0 fully saturated rings. The van der Waals surface area contributed by atoms with Crippen molar-refractivity contribution in [2.75, 3.05) is 0 Å². The minimum atomic E-state index is -1.01. The highest BCUT2D eigenvalue weighted by Gasteiger charge is 2.12. The predicted octanol–water partition coefficient (Wildman–Crippen LogP) is 1.80. The Hall–Kier alpha value is -1.62. The largest absolute Gasteiger partial charge is 0.478 e. The molecule has 6 heteroatoms.